The Kier molecular flexibility index (Phi) is 3.82. The van der Waals surface area contributed by atoms with Gasteiger partial charge in [0, 0.05) is 31.3 Å². The topological polar surface area (TPSA) is 78.9 Å². The van der Waals surface area contributed by atoms with Gasteiger partial charge in [-0.15, -0.1) is 0 Å². The molecule has 16 heavy (non-hydrogen) atoms. The highest BCUT2D eigenvalue weighted by Gasteiger charge is 2.13. The summed E-state index contributed by atoms with van der Waals surface area (Å²) in [5.74, 6) is 1.83. The van der Waals surface area contributed by atoms with Gasteiger partial charge in [-0.1, -0.05) is 0 Å². The average Bonchev–Trinajstić information content (AvgIpc) is 2.13. The van der Waals surface area contributed by atoms with Gasteiger partial charge in [-0.25, -0.2) is 9.97 Å². The summed E-state index contributed by atoms with van der Waals surface area (Å²) in [5, 5.41) is 7.28. The van der Waals surface area contributed by atoms with Gasteiger partial charge in [-0.2, -0.15) is 0 Å². The zero-order valence-corrected chi connectivity index (χ0v) is 10.3. The van der Waals surface area contributed by atoms with E-state index in [4.69, 9.17) is 11.1 Å². The van der Waals surface area contributed by atoms with Crippen LogP contribution in [-0.2, 0) is 0 Å². The number of nitrogens with two attached hydrogens (primary N) is 1. The SMILES string of the molecule is Cc1cc(N(C)C(C)CC(=N)N)nc(C)n1. The Morgan fingerprint density at radius 2 is 2.12 bits per heavy atom. The quantitative estimate of drug-likeness (QED) is 0.592. The molecule has 0 radical (unpaired) electrons. The number of rotatable bonds is 4. The van der Waals surface area contributed by atoms with Crippen LogP contribution in [0.2, 0.25) is 0 Å². The molecule has 0 bridgehead atoms. The van der Waals surface area contributed by atoms with E-state index < -0.39 is 0 Å². The van der Waals surface area contributed by atoms with Crippen molar-refractivity contribution in [3.05, 3.63) is 17.6 Å². The minimum atomic E-state index is 0.159. The number of aromatic nitrogens is 2. The Balaban J connectivity index is 2.86. The zero-order chi connectivity index (χ0) is 12.3. The maximum atomic E-state index is 7.28. The minimum absolute atomic E-state index is 0.159. The van der Waals surface area contributed by atoms with Crippen molar-refractivity contribution in [2.24, 2.45) is 5.73 Å². The maximum absolute atomic E-state index is 7.28. The lowest BCUT2D eigenvalue weighted by Crippen LogP contribution is -2.33. The van der Waals surface area contributed by atoms with E-state index in [2.05, 4.69) is 9.97 Å². The summed E-state index contributed by atoms with van der Waals surface area (Å²) >= 11 is 0. The van der Waals surface area contributed by atoms with E-state index in [0.29, 0.717) is 6.42 Å². The van der Waals surface area contributed by atoms with Gasteiger partial charge in [0.05, 0.1) is 5.84 Å². The molecule has 5 nitrogen and oxygen atoms in total. The molecule has 0 aromatic carbocycles. The zero-order valence-electron chi connectivity index (χ0n) is 10.3. The van der Waals surface area contributed by atoms with Crippen molar-refractivity contribution >= 4 is 11.7 Å². The second-order valence-electron chi connectivity index (χ2n) is 4.10. The summed E-state index contributed by atoms with van der Waals surface area (Å²) < 4.78 is 0. The van der Waals surface area contributed by atoms with Gasteiger partial charge >= 0.3 is 0 Å². The maximum Gasteiger partial charge on any atom is 0.132 e. The highest BCUT2D eigenvalue weighted by molar-refractivity contribution is 5.77. The highest BCUT2D eigenvalue weighted by atomic mass is 15.2. The van der Waals surface area contributed by atoms with Gasteiger partial charge in [0.15, 0.2) is 0 Å². The first-order valence-corrected chi connectivity index (χ1v) is 5.28. The molecule has 5 heteroatoms. The van der Waals surface area contributed by atoms with Crippen LogP contribution >= 0.6 is 0 Å². The highest BCUT2D eigenvalue weighted by Crippen LogP contribution is 2.14. The summed E-state index contributed by atoms with van der Waals surface area (Å²) in [4.78, 5) is 10.6. The number of aryl methyl sites for hydroxylation is 2. The Labute approximate surface area is 96.2 Å². The number of hydrogen-bond acceptors (Lipinski definition) is 4. The lowest BCUT2D eigenvalue weighted by Gasteiger charge is -2.25. The van der Waals surface area contributed by atoms with Crippen molar-refractivity contribution in [1.29, 1.82) is 5.41 Å². The van der Waals surface area contributed by atoms with Crippen molar-refractivity contribution in [3.63, 3.8) is 0 Å². The molecule has 0 saturated carbocycles. The Morgan fingerprint density at radius 1 is 1.50 bits per heavy atom. The van der Waals surface area contributed by atoms with Gasteiger partial charge in [-0.05, 0) is 20.8 Å². The van der Waals surface area contributed by atoms with E-state index in [0.717, 1.165) is 17.3 Å². The largest absolute Gasteiger partial charge is 0.388 e. The molecule has 1 rings (SSSR count). The van der Waals surface area contributed by atoms with Crippen LogP contribution in [0, 0.1) is 19.3 Å². The Bertz CT molecular complexity index is 368. The van der Waals surface area contributed by atoms with Crippen molar-refractivity contribution in [3.8, 4) is 0 Å². The number of nitrogens with zero attached hydrogens (tertiary/aromatic N) is 3. The minimum Gasteiger partial charge on any atom is -0.388 e. The van der Waals surface area contributed by atoms with Crippen molar-refractivity contribution in [2.75, 3.05) is 11.9 Å². The van der Waals surface area contributed by atoms with Crippen LogP contribution in [0.3, 0.4) is 0 Å². The summed E-state index contributed by atoms with van der Waals surface area (Å²) in [6.07, 6.45) is 0.540. The van der Waals surface area contributed by atoms with Gasteiger partial charge < -0.3 is 10.6 Å². The third-order valence-electron chi connectivity index (χ3n) is 2.49. The molecular weight excluding hydrogens is 202 g/mol. The Hall–Kier alpha value is -1.65. The normalized spacial score (nSPS) is 12.2. The van der Waals surface area contributed by atoms with Crippen molar-refractivity contribution in [2.45, 2.75) is 33.2 Å². The van der Waals surface area contributed by atoms with Crippen LogP contribution in [0.15, 0.2) is 6.07 Å². The number of nitrogens with one attached hydrogen (secondary N) is 1. The summed E-state index contributed by atoms with van der Waals surface area (Å²) in [7, 11) is 1.95. The molecule has 0 spiro atoms. The number of hydrogen-bond donors (Lipinski definition) is 2. The van der Waals surface area contributed by atoms with E-state index in [1.54, 1.807) is 0 Å². The summed E-state index contributed by atoms with van der Waals surface area (Å²) in [6, 6.07) is 2.09. The second-order valence-corrected chi connectivity index (χ2v) is 4.10. The predicted octanol–water partition coefficient (Wildman–Crippen LogP) is 1.24. The van der Waals surface area contributed by atoms with Crippen LogP contribution in [0.1, 0.15) is 24.9 Å². The summed E-state index contributed by atoms with van der Waals surface area (Å²) in [5.41, 5.74) is 6.34. The lowest BCUT2D eigenvalue weighted by molar-refractivity contribution is 0.696. The van der Waals surface area contributed by atoms with Crippen molar-refractivity contribution in [1.82, 2.24) is 9.97 Å². The predicted molar refractivity (Wildman–Crippen MR) is 65.9 cm³/mol. The first-order valence-electron chi connectivity index (χ1n) is 5.28. The fraction of sp³-hybridized carbons (Fsp3) is 0.545. The van der Waals surface area contributed by atoms with E-state index >= 15 is 0 Å². The molecule has 1 aromatic heterocycles. The van der Waals surface area contributed by atoms with Crippen LogP contribution < -0.4 is 10.6 Å². The third kappa shape index (κ3) is 3.18. The van der Waals surface area contributed by atoms with Gasteiger partial charge in [0.2, 0.25) is 0 Å². The number of amidine groups is 1. The molecule has 1 unspecified atom stereocenters. The molecular formula is C11H19N5. The van der Waals surface area contributed by atoms with E-state index in [1.807, 2.05) is 38.8 Å². The van der Waals surface area contributed by atoms with E-state index in [-0.39, 0.29) is 11.9 Å². The molecule has 1 aromatic rings. The van der Waals surface area contributed by atoms with Crippen LogP contribution in [0.5, 0.6) is 0 Å². The molecule has 0 aliphatic heterocycles. The van der Waals surface area contributed by atoms with E-state index in [1.165, 1.54) is 0 Å². The summed E-state index contributed by atoms with van der Waals surface area (Å²) in [6.45, 7) is 5.84. The monoisotopic (exact) mass is 221 g/mol. The molecule has 0 aliphatic carbocycles. The molecule has 0 fully saturated rings. The lowest BCUT2D eigenvalue weighted by atomic mass is 10.2. The van der Waals surface area contributed by atoms with Crippen LogP contribution in [-0.4, -0.2) is 28.9 Å². The second kappa shape index (κ2) is 4.92. The standard InChI is InChI=1S/C11H19N5/c1-7-5-11(15-9(3)14-7)16(4)8(2)6-10(12)13/h5,8H,6H2,1-4H3,(H3,12,13). The molecule has 1 heterocycles. The fourth-order valence-corrected chi connectivity index (χ4v) is 1.56. The van der Waals surface area contributed by atoms with Crippen LogP contribution in [0.25, 0.3) is 0 Å². The van der Waals surface area contributed by atoms with Crippen LogP contribution in [0.4, 0.5) is 5.82 Å². The molecule has 88 valence electrons. The smallest absolute Gasteiger partial charge is 0.132 e. The Morgan fingerprint density at radius 3 is 2.62 bits per heavy atom. The van der Waals surface area contributed by atoms with Gasteiger partial charge in [0.1, 0.15) is 11.6 Å². The molecule has 0 amide bonds. The van der Waals surface area contributed by atoms with E-state index in [9.17, 15) is 0 Å². The first kappa shape index (κ1) is 12.4. The molecule has 3 N–H and O–H groups in total. The molecule has 0 aliphatic rings. The van der Waals surface area contributed by atoms with Gasteiger partial charge in [-0.3, -0.25) is 5.41 Å². The van der Waals surface area contributed by atoms with Gasteiger partial charge in [0.25, 0.3) is 0 Å². The average molecular weight is 221 g/mol. The van der Waals surface area contributed by atoms with Crippen molar-refractivity contribution < 1.29 is 0 Å². The molecule has 1 atom stereocenters. The third-order valence-corrected chi connectivity index (χ3v) is 2.49. The molecule has 0 saturated heterocycles. The first-order chi connectivity index (χ1) is 7.40. The number of anilines is 1. The fourth-order valence-electron chi connectivity index (χ4n) is 1.56.